The number of para-hydroxylation sites is 1. The predicted molar refractivity (Wildman–Crippen MR) is 103 cm³/mol. The van der Waals surface area contributed by atoms with E-state index in [0.717, 1.165) is 18.5 Å². The molecular weight excluding hydrogens is 358 g/mol. The predicted octanol–water partition coefficient (Wildman–Crippen LogP) is 1.79. The monoisotopic (exact) mass is 381 g/mol. The number of amides is 3. The van der Waals surface area contributed by atoms with E-state index in [4.69, 9.17) is 4.74 Å². The van der Waals surface area contributed by atoms with Gasteiger partial charge >= 0.3 is 6.03 Å². The maximum Gasteiger partial charge on any atom is 0.325 e. The third kappa shape index (κ3) is 4.05. The number of carbonyl (C=O) groups excluding carboxylic acids is 2. The Bertz CT molecular complexity index is 817. The van der Waals surface area contributed by atoms with E-state index in [1.165, 1.54) is 0 Å². The van der Waals surface area contributed by atoms with E-state index in [1.807, 2.05) is 30.3 Å². The van der Waals surface area contributed by atoms with Gasteiger partial charge < -0.3 is 14.5 Å². The SMILES string of the molecule is O=C(CN1CCN(c2ccccc2)C1=O)N1CCC[C@H](Oc2cnccn2)C1. The highest BCUT2D eigenvalue weighted by Crippen LogP contribution is 2.21. The minimum atomic E-state index is -0.121. The lowest BCUT2D eigenvalue weighted by atomic mass is 10.1. The maximum absolute atomic E-state index is 12.8. The lowest BCUT2D eigenvalue weighted by Crippen LogP contribution is -2.48. The first-order valence-electron chi connectivity index (χ1n) is 9.52. The van der Waals surface area contributed by atoms with Gasteiger partial charge in [-0.25, -0.2) is 9.78 Å². The Morgan fingerprint density at radius 2 is 2.00 bits per heavy atom. The third-order valence-corrected chi connectivity index (χ3v) is 5.05. The van der Waals surface area contributed by atoms with Crippen molar-refractivity contribution in [2.24, 2.45) is 0 Å². The molecule has 3 heterocycles. The summed E-state index contributed by atoms with van der Waals surface area (Å²) in [5.41, 5.74) is 0.859. The summed E-state index contributed by atoms with van der Waals surface area (Å²) >= 11 is 0. The van der Waals surface area contributed by atoms with Gasteiger partial charge in [0.2, 0.25) is 11.8 Å². The fraction of sp³-hybridized carbons (Fsp3) is 0.400. The number of benzene rings is 1. The van der Waals surface area contributed by atoms with Crippen molar-refractivity contribution in [3.63, 3.8) is 0 Å². The number of nitrogens with zero attached hydrogens (tertiary/aromatic N) is 5. The third-order valence-electron chi connectivity index (χ3n) is 5.05. The largest absolute Gasteiger partial charge is 0.471 e. The van der Waals surface area contributed by atoms with Gasteiger partial charge in [0, 0.05) is 37.7 Å². The molecule has 0 bridgehead atoms. The van der Waals surface area contributed by atoms with Gasteiger partial charge in [-0.05, 0) is 25.0 Å². The molecule has 0 N–H and O–H groups in total. The number of rotatable bonds is 5. The van der Waals surface area contributed by atoms with E-state index in [2.05, 4.69) is 9.97 Å². The van der Waals surface area contributed by atoms with Gasteiger partial charge in [0.1, 0.15) is 12.6 Å². The van der Waals surface area contributed by atoms with Crippen LogP contribution in [-0.4, -0.2) is 70.5 Å². The van der Waals surface area contributed by atoms with Crippen molar-refractivity contribution in [1.82, 2.24) is 19.8 Å². The molecule has 2 saturated heterocycles. The summed E-state index contributed by atoms with van der Waals surface area (Å²) < 4.78 is 5.85. The number of carbonyl (C=O) groups is 2. The van der Waals surface area contributed by atoms with Crippen molar-refractivity contribution in [2.45, 2.75) is 18.9 Å². The van der Waals surface area contributed by atoms with Crippen LogP contribution in [0.2, 0.25) is 0 Å². The zero-order chi connectivity index (χ0) is 19.3. The standard InChI is InChI=1S/C20H23N5O3/c26-19(15-24-11-12-25(20(24)27)16-5-2-1-3-6-16)23-10-4-7-17(14-23)28-18-13-21-8-9-22-18/h1-3,5-6,8-9,13,17H,4,7,10-12,14-15H2/t17-/m0/s1. The minimum absolute atomic E-state index is 0.0456. The second-order valence-electron chi connectivity index (χ2n) is 6.96. The number of piperidine rings is 1. The molecule has 2 aliphatic rings. The molecular formula is C20H23N5O3. The van der Waals surface area contributed by atoms with Crippen LogP contribution in [0.25, 0.3) is 0 Å². The van der Waals surface area contributed by atoms with Crippen LogP contribution in [0.5, 0.6) is 5.88 Å². The van der Waals surface area contributed by atoms with E-state index in [1.54, 1.807) is 33.3 Å². The molecule has 0 saturated carbocycles. The van der Waals surface area contributed by atoms with Crippen LogP contribution in [0.1, 0.15) is 12.8 Å². The molecule has 1 aromatic heterocycles. The molecule has 1 atom stereocenters. The van der Waals surface area contributed by atoms with E-state index >= 15 is 0 Å². The molecule has 8 heteroatoms. The zero-order valence-electron chi connectivity index (χ0n) is 15.6. The highest BCUT2D eigenvalue weighted by Gasteiger charge is 2.33. The molecule has 3 amide bonds. The second kappa shape index (κ2) is 8.24. The molecule has 0 radical (unpaired) electrons. The smallest absolute Gasteiger partial charge is 0.325 e. The number of anilines is 1. The van der Waals surface area contributed by atoms with E-state index in [-0.39, 0.29) is 24.6 Å². The molecule has 2 aromatic rings. The van der Waals surface area contributed by atoms with Crippen LogP contribution in [0.15, 0.2) is 48.9 Å². The Morgan fingerprint density at radius 3 is 2.79 bits per heavy atom. The summed E-state index contributed by atoms with van der Waals surface area (Å²) in [7, 11) is 0. The molecule has 146 valence electrons. The first kappa shape index (κ1) is 18.2. The number of hydrogen-bond acceptors (Lipinski definition) is 5. The van der Waals surface area contributed by atoms with E-state index < -0.39 is 0 Å². The Kier molecular flexibility index (Phi) is 5.36. The number of likely N-dealkylation sites (tertiary alicyclic amines) is 1. The second-order valence-corrected chi connectivity index (χ2v) is 6.96. The summed E-state index contributed by atoms with van der Waals surface area (Å²) in [6.07, 6.45) is 6.37. The average Bonchev–Trinajstić information content (AvgIpc) is 3.10. The Balaban J connectivity index is 1.33. The summed E-state index contributed by atoms with van der Waals surface area (Å²) in [5.74, 6) is 0.422. The topological polar surface area (TPSA) is 78.9 Å². The van der Waals surface area contributed by atoms with Crippen molar-refractivity contribution < 1.29 is 14.3 Å². The highest BCUT2D eigenvalue weighted by molar-refractivity contribution is 5.96. The van der Waals surface area contributed by atoms with Gasteiger partial charge in [-0.15, -0.1) is 0 Å². The lowest BCUT2D eigenvalue weighted by Gasteiger charge is -2.33. The normalized spacial score (nSPS) is 19.8. The Morgan fingerprint density at radius 1 is 1.14 bits per heavy atom. The first-order chi connectivity index (χ1) is 13.7. The fourth-order valence-electron chi connectivity index (χ4n) is 3.62. The van der Waals surface area contributed by atoms with Gasteiger partial charge in [-0.2, -0.15) is 0 Å². The summed E-state index contributed by atoms with van der Waals surface area (Å²) in [6, 6.07) is 9.41. The van der Waals surface area contributed by atoms with Crippen molar-refractivity contribution in [2.75, 3.05) is 37.6 Å². The minimum Gasteiger partial charge on any atom is -0.471 e. The number of urea groups is 1. The zero-order valence-corrected chi connectivity index (χ0v) is 15.6. The lowest BCUT2D eigenvalue weighted by molar-refractivity contribution is -0.134. The maximum atomic E-state index is 12.8. The Labute approximate surface area is 163 Å². The van der Waals surface area contributed by atoms with E-state index in [9.17, 15) is 9.59 Å². The van der Waals surface area contributed by atoms with Crippen molar-refractivity contribution in [1.29, 1.82) is 0 Å². The van der Waals surface area contributed by atoms with Crippen molar-refractivity contribution >= 4 is 17.6 Å². The molecule has 0 spiro atoms. The highest BCUT2D eigenvalue weighted by atomic mass is 16.5. The van der Waals surface area contributed by atoms with Crippen LogP contribution >= 0.6 is 0 Å². The van der Waals surface area contributed by atoms with Crippen LogP contribution in [0.4, 0.5) is 10.5 Å². The molecule has 2 aliphatic heterocycles. The average molecular weight is 381 g/mol. The van der Waals surface area contributed by atoms with Gasteiger partial charge in [0.05, 0.1) is 12.7 Å². The van der Waals surface area contributed by atoms with Crippen LogP contribution in [-0.2, 0) is 4.79 Å². The molecule has 0 aliphatic carbocycles. The van der Waals surface area contributed by atoms with Gasteiger partial charge in [-0.3, -0.25) is 14.7 Å². The van der Waals surface area contributed by atoms with Crippen LogP contribution < -0.4 is 9.64 Å². The van der Waals surface area contributed by atoms with Crippen LogP contribution in [0, 0.1) is 0 Å². The quantitative estimate of drug-likeness (QED) is 0.789. The van der Waals surface area contributed by atoms with E-state index in [0.29, 0.717) is 32.1 Å². The van der Waals surface area contributed by atoms with Crippen molar-refractivity contribution in [3.05, 3.63) is 48.9 Å². The molecule has 8 nitrogen and oxygen atoms in total. The number of aromatic nitrogens is 2. The molecule has 28 heavy (non-hydrogen) atoms. The molecule has 0 unspecified atom stereocenters. The fourth-order valence-corrected chi connectivity index (χ4v) is 3.62. The summed E-state index contributed by atoms with van der Waals surface area (Å²) in [6.45, 7) is 2.42. The number of ether oxygens (including phenoxy) is 1. The summed E-state index contributed by atoms with van der Waals surface area (Å²) in [5, 5.41) is 0. The molecule has 2 fully saturated rings. The molecule has 4 rings (SSSR count). The Hall–Kier alpha value is -3.16. The van der Waals surface area contributed by atoms with Gasteiger partial charge in [-0.1, -0.05) is 18.2 Å². The number of hydrogen-bond donors (Lipinski definition) is 0. The molecule has 1 aromatic carbocycles. The van der Waals surface area contributed by atoms with Crippen LogP contribution in [0.3, 0.4) is 0 Å². The van der Waals surface area contributed by atoms with Crippen molar-refractivity contribution in [3.8, 4) is 5.88 Å². The van der Waals surface area contributed by atoms with Gasteiger partial charge in [0.25, 0.3) is 0 Å². The first-order valence-corrected chi connectivity index (χ1v) is 9.52. The summed E-state index contributed by atoms with van der Waals surface area (Å²) in [4.78, 5) is 38.7. The van der Waals surface area contributed by atoms with Gasteiger partial charge in [0.15, 0.2) is 0 Å².